The van der Waals surface area contributed by atoms with Crippen LogP contribution in [0.4, 0.5) is 5.82 Å². The van der Waals surface area contributed by atoms with Crippen LogP contribution in [0.1, 0.15) is 0 Å². The molecule has 1 aromatic heterocycles. The first-order valence-corrected chi connectivity index (χ1v) is 4.25. The minimum Gasteiger partial charge on any atom is -0.496 e. The molecule has 4 heteroatoms. The number of benzene rings is 1. The minimum atomic E-state index is 0.547. The van der Waals surface area contributed by atoms with Crippen molar-refractivity contribution < 1.29 is 4.74 Å². The van der Waals surface area contributed by atoms with Crippen LogP contribution in [0.2, 0.25) is 0 Å². The predicted octanol–water partition coefficient (Wildman–Crippen LogP) is 1.67. The third kappa shape index (κ3) is 1.42. The first kappa shape index (κ1) is 8.62. The second-order valence-corrected chi connectivity index (χ2v) is 2.89. The van der Waals surface area contributed by atoms with E-state index in [1.807, 2.05) is 24.3 Å². The van der Waals surface area contributed by atoms with Crippen LogP contribution in [-0.2, 0) is 0 Å². The van der Waals surface area contributed by atoms with Crippen LogP contribution in [0.15, 0.2) is 30.5 Å². The van der Waals surface area contributed by atoms with Gasteiger partial charge in [0.15, 0.2) is 0 Å². The van der Waals surface area contributed by atoms with Crippen LogP contribution in [0, 0.1) is 0 Å². The number of hydrogen-bond acceptors (Lipinski definition) is 3. The molecule has 0 saturated carbocycles. The highest BCUT2D eigenvalue weighted by Gasteiger charge is 2.06. The summed E-state index contributed by atoms with van der Waals surface area (Å²) < 4.78 is 5.21. The summed E-state index contributed by atoms with van der Waals surface area (Å²) >= 11 is 0. The van der Waals surface area contributed by atoms with Crippen molar-refractivity contribution in [2.45, 2.75) is 0 Å². The molecule has 14 heavy (non-hydrogen) atoms. The molecule has 0 saturated heterocycles. The van der Waals surface area contributed by atoms with E-state index in [1.165, 1.54) is 0 Å². The largest absolute Gasteiger partial charge is 0.496 e. The first-order valence-electron chi connectivity index (χ1n) is 4.25. The van der Waals surface area contributed by atoms with Crippen LogP contribution in [0.5, 0.6) is 5.75 Å². The predicted molar refractivity (Wildman–Crippen MR) is 55.0 cm³/mol. The topological polar surface area (TPSA) is 63.9 Å². The highest BCUT2D eigenvalue weighted by Crippen LogP contribution is 2.27. The second-order valence-electron chi connectivity index (χ2n) is 2.89. The Kier molecular flexibility index (Phi) is 2.10. The fraction of sp³-hybridized carbons (Fsp3) is 0.100. The minimum absolute atomic E-state index is 0.547. The van der Waals surface area contributed by atoms with Crippen molar-refractivity contribution in [2.24, 2.45) is 0 Å². The van der Waals surface area contributed by atoms with E-state index >= 15 is 0 Å². The van der Waals surface area contributed by atoms with Crippen molar-refractivity contribution in [1.29, 1.82) is 0 Å². The number of aromatic amines is 1. The van der Waals surface area contributed by atoms with E-state index in [9.17, 15) is 0 Å². The van der Waals surface area contributed by atoms with E-state index in [0.29, 0.717) is 5.82 Å². The van der Waals surface area contributed by atoms with Crippen molar-refractivity contribution in [3.63, 3.8) is 0 Å². The Labute approximate surface area is 81.7 Å². The molecule has 0 aliphatic rings. The number of nitrogens with zero attached hydrogens (tertiary/aromatic N) is 1. The molecular formula is C10H11N3O. The lowest BCUT2D eigenvalue weighted by molar-refractivity contribution is 0.416. The molecule has 4 nitrogen and oxygen atoms in total. The van der Waals surface area contributed by atoms with Crippen LogP contribution >= 0.6 is 0 Å². The lowest BCUT2D eigenvalue weighted by Gasteiger charge is -2.04. The van der Waals surface area contributed by atoms with Gasteiger partial charge in [0.2, 0.25) is 0 Å². The molecule has 0 aliphatic heterocycles. The average Bonchev–Trinajstić information content (AvgIpc) is 2.65. The monoisotopic (exact) mass is 189 g/mol. The maximum absolute atomic E-state index is 5.55. The Morgan fingerprint density at radius 2 is 2.14 bits per heavy atom. The summed E-state index contributed by atoms with van der Waals surface area (Å²) in [5.74, 6) is 2.05. The fourth-order valence-corrected chi connectivity index (χ4v) is 1.31. The number of methoxy groups -OCH3 is 1. The van der Waals surface area contributed by atoms with Crippen molar-refractivity contribution in [3.8, 4) is 17.1 Å². The molecule has 0 fully saturated rings. The summed E-state index contributed by atoms with van der Waals surface area (Å²) in [5.41, 5.74) is 6.46. The standard InChI is InChI=1S/C10H11N3O/c1-14-8-5-3-2-4-7(8)10-12-6-9(11)13-10/h2-6H,11H2,1H3,(H,12,13). The Morgan fingerprint density at radius 1 is 1.36 bits per heavy atom. The lowest BCUT2D eigenvalue weighted by atomic mass is 10.2. The normalized spacial score (nSPS) is 10.1. The van der Waals surface area contributed by atoms with Gasteiger partial charge >= 0.3 is 0 Å². The summed E-state index contributed by atoms with van der Waals surface area (Å²) in [4.78, 5) is 7.09. The number of imidazole rings is 1. The highest BCUT2D eigenvalue weighted by molar-refractivity contribution is 5.65. The maximum Gasteiger partial charge on any atom is 0.142 e. The number of ether oxygens (including phenoxy) is 1. The van der Waals surface area contributed by atoms with E-state index in [0.717, 1.165) is 17.1 Å². The molecule has 0 amide bonds. The summed E-state index contributed by atoms with van der Waals surface area (Å²) in [5, 5.41) is 0. The second kappa shape index (κ2) is 3.41. The number of hydrogen-bond donors (Lipinski definition) is 2. The van der Waals surface area contributed by atoms with Gasteiger partial charge in [-0.25, -0.2) is 4.98 Å². The van der Waals surface area contributed by atoms with Gasteiger partial charge in [-0.15, -0.1) is 0 Å². The summed E-state index contributed by atoms with van der Waals surface area (Å²) in [7, 11) is 1.63. The molecule has 72 valence electrons. The number of nitrogens with one attached hydrogen (secondary N) is 1. The number of rotatable bonds is 2. The van der Waals surface area contributed by atoms with Gasteiger partial charge in [-0.3, -0.25) is 0 Å². The number of nitrogen functional groups attached to an aromatic ring is 1. The molecular weight excluding hydrogens is 178 g/mol. The number of H-pyrrole nitrogens is 1. The zero-order valence-electron chi connectivity index (χ0n) is 7.82. The zero-order chi connectivity index (χ0) is 9.97. The molecule has 0 unspecified atom stereocenters. The van der Waals surface area contributed by atoms with Gasteiger partial charge in [0.05, 0.1) is 18.9 Å². The Morgan fingerprint density at radius 3 is 2.79 bits per heavy atom. The van der Waals surface area contributed by atoms with Gasteiger partial charge in [0, 0.05) is 0 Å². The van der Waals surface area contributed by atoms with E-state index in [-0.39, 0.29) is 0 Å². The molecule has 0 bridgehead atoms. The van der Waals surface area contributed by atoms with E-state index in [4.69, 9.17) is 10.5 Å². The van der Waals surface area contributed by atoms with E-state index in [2.05, 4.69) is 9.97 Å². The van der Waals surface area contributed by atoms with Crippen molar-refractivity contribution in [1.82, 2.24) is 9.97 Å². The van der Waals surface area contributed by atoms with Crippen LogP contribution < -0.4 is 10.5 Å². The van der Waals surface area contributed by atoms with Crippen LogP contribution in [-0.4, -0.2) is 17.1 Å². The van der Waals surface area contributed by atoms with Crippen molar-refractivity contribution in [3.05, 3.63) is 30.5 Å². The molecule has 3 N–H and O–H groups in total. The molecule has 0 aliphatic carbocycles. The average molecular weight is 189 g/mol. The van der Waals surface area contributed by atoms with E-state index < -0.39 is 0 Å². The Hall–Kier alpha value is -1.97. The van der Waals surface area contributed by atoms with Crippen LogP contribution in [0.25, 0.3) is 11.4 Å². The molecule has 2 rings (SSSR count). The van der Waals surface area contributed by atoms with Crippen molar-refractivity contribution in [2.75, 3.05) is 12.8 Å². The van der Waals surface area contributed by atoms with Gasteiger partial charge in [-0.05, 0) is 12.1 Å². The molecule has 2 aromatic rings. The molecule has 0 atom stereocenters. The Bertz CT molecular complexity index is 436. The van der Waals surface area contributed by atoms with Gasteiger partial charge in [-0.2, -0.15) is 0 Å². The molecule has 1 aromatic carbocycles. The Balaban J connectivity index is 2.50. The lowest BCUT2D eigenvalue weighted by Crippen LogP contribution is -1.89. The number of nitrogens with two attached hydrogens (primary N) is 1. The molecule has 0 spiro atoms. The quantitative estimate of drug-likeness (QED) is 0.755. The van der Waals surface area contributed by atoms with Crippen molar-refractivity contribution >= 4 is 5.82 Å². The summed E-state index contributed by atoms with van der Waals surface area (Å²) in [6.45, 7) is 0. The number of aromatic nitrogens is 2. The zero-order valence-corrected chi connectivity index (χ0v) is 7.82. The van der Waals surface area contributed by atoms with Gasteiger partial charge in [-0.1, -0.05) is 12.1 Å². The molecule has 0 radical (unpaired) electrons. The van der Waals surface area contributed by atoms with Gasteiger partial charge < -0.3 is 15.5 Å². The number of para-hydroxylation sites is 1. The van der Waals surface area contributed by atoms with Gasteiger partial charge in [0.25, 0.3) is 0 Å². The fourth-order valence-electron chi connectivity index (χ4n) is 1.31. The smallest absolute Gasteiger partial charge is 0.142 e. The third-order valence-electron chi connectivity index (χ3n) is 1.96. The highest BCUT2D eigenvalue weighted by atomic mass is 16.5. The summed E-state index contributed by atoms with van der Waals surface area (Å²) in [6.07, 6.45) is 1.59. The third-order valence-corrected chi connectivity index (χ3v) is 1.96. The van der Waals surface area contributed by atoms with Gasteiger partial charge in [0.1, 0.15) is 17.4 Å². The van der Waals surface area contributed by atoms with E-state index in [1.54, 1.807) is 13.3 Å². The van der Waals surface area contributed by atoms with Crippen LogP contribution in [0.3, 0.4) is 0 Å². The SMILES string of the molecule is COc1ccccc1-c1ncc(N)[nH]1. The summed E-state index contributed by atoms with van der Waals surface area (Å²) in [6, 6.07) is 7.65. The first-order chi connectivity index (χ1) is 6.81. The maximum atomic E-state index is 5.55. The number of anilines is 1. The molecule has 1 heterocycles.